The maximum Gasteiger partial charge on any atom is 0.244 e. The highest BCUT2D eigenvalue weighted by Gasteiger charge is 2.36. The maximum absolute atomic E-state index is 12.3. The molecule has 0 unspecified atom stereocenters. The molecule has 0 saturated heterocycles. The smallest absolute Gasteiger partial charge is 0.244 e. The Balaban J connectivity index is 1.81. The first-order chi connectivity index (χ1) is 10.1. The summed E-state index contributed by atoms with van der Waals surface area (Å²) in [5.74, 6) is 0.565. The van der Waals surface area contributed by atoms with Crippen LogP contribution < -0.4 is 11.1 Å². The number of aryl methyl sites for hydroxylation is 1. The van der Waals surface area contributed by atoms with E-state index < -0.39 is 5.54 Å². The molecule has 0 bridgehead atoms. The number of nitrogens with two attached hydrogens (primary N) is 1. The van der Waals surface area contributed by atoms with E-state index in [2.05, 4.69) is 20.8 Å². The fourth-order valence-corrected chi connectivity index (χ4v) is 2.67. The summed E-state index contributed by atoms with van der Waals surface area (Å²) in [5, 5.41) is 14.3. The van der Waals surface area contributed by atoms with Gasteiger partial charge in [-0.05, 0) is 48.4 Å². The minimum absolute atomic E-state index is 0.120. The lowest BCUT2D eigenvalue weighted by atomic mass is 9.98. The number of aromatic nitrogens is 4. The minimum Gasteiger partial charge on any atom is -0.324 e. The molecular formula is C14H18N6O. The SMILES string of the molecule is Cc1nnnn1-c1cccc(NC(=O)C2(N)CCCC2)c1. The van der Waals surface area contributed by atoms with E-state index in [0.717, 1.165) is 31.4 Å². The summed E-state index contributed by atoms with van der Waals surface area (Å²) in [4.78, 5) is 12.3. The van der Waals surface area contributed by atoms with Crippen molar-refractivity contribution in [2.24, 2.45) is 5.73 Å². The van der Waals surface area contributed by atoms with Crippen LogP contribution in [0.2, 0.25) is 0 Å². The molecule has 1 heterocycles. The van der Waals surface area contributed by atoms with Crippen LogP contribution in [0, 0.1) is 6.92 Å². The average molecular weight is 286 g/mol. The Hall–Kier alpha value is -2.28. The van der Waals surface area contributed by atoms with Gasteiger partial charge in [-0.3, -0.25) is 4.79 Å². The van der Waals surface area contributed by atoms with Gasteiger partial charge >= 0.3 is 0 Å². The number of nitrogens with one attached hydrogen (secondary N) is 1. The second kappa shape index (κ2) is 5.25. The molecular weight excluding hydrogens is 268 g/mol. The zero-order chi connectivity index (χ0) is 14.9. The number of carbonyl (C=O) groups excluding carboxylic acids is 1. The van der Waals surface area contributed by atoms with Gasteiger partial charge < -0.3 is 11.1 Å². The Labute approximate surface area is 122 Å². The van der Waals surface area contributed by atoms with Gasteiger partial charge in [-0.2, -0.15) is 4.68 Å². The van der Waals surface area contributed by atoms with Crippen LogP contribution in [0.15, 0.2) is 24.3 Å². The molecule has 3 rings (SSSR count). The number of carbonyl (C=O) groups is 1. The Kier molecular flexibility index (Phi) is 3.42. The highest BCUT2D eigenvalue weighted by atomic mass is 16.2. The first-order valence-corrected chi connectivity index (χ1v) is 7.04. The van der Waals surface area contributed by atoms with Gasteiger partial charge in [0.25, 0.3) is 0 Å². The largest absolute Gasteiger partial charge is 0.324 e. The number of tetrazole rings is 1. The van der Waals surface area contributed by atoms with Gasteiger partial charge in [0.15, 0.2) is 5.82 Å². The lowest BCUT2D eigenvalue weighted by molar-refractivity contribution is -0.121. The Morgan fingerprint density at radius 1 is 1.38 bits per heavy atom. The van der Waals surface area contributed by atoms with Crippen LogP contribution >= 0.6 is 0 Å². The Bertz CT molecular complexity index is 659. The normalized spacial score (nSPS) is 16.9. The lowest BCUT2D eigenvalue weighted by Crippen LogP contribution is -2.48. The zero-order valence-corrected chi connectivity index (χ0v) is 11.9. The molecule has 21 heavy (non-hydrogen) atoms. The van der Waals surface area contributed by atoms with Crippen molar-refractivity contribution < 1.29 is 4.79 Å². The second-order valence-corrected chi connectivity index (χ2v) is 5.51. The van der Waals surface area contributed by atoms with Crippen molar-refractivity contribution >= 4 is 11.6 Å². The van der Waals surface area contributed by atoms with Crippen molar-refractivity contribution in [3.63, 3.8) is 0 Å². The first-order valence-electron chi connectivity index (χ1n) is 7.04. The monoisotopic (exact) mass is 286 g/mol. The highest BCUT2D eigenvalue weighted by Crippen LogP contribution is 2.28. The van der Waals surface area contributed by atoms with E-state index in [4.69, 9.17) is 5.73 Å². The van der Waals surface area contributed by atoms with E-state index in [1.54, 1.807) is 4.68 Å². The van der Waals surface area contributed by atoms with E-state index in [1.165, 1.54) is 0 Å². The van der Waals surface area contributed by atoms with E-state index in [1.807, 2.05) is 31.2 Å². The van der Waals surface area contributed by atoms with Crippen molar-refractivity contribution in [3.8, 4) is 5.69 Å². The molecule has 1 aliphatic rings. The molecule has 2 aromatic rings. The average Bonchev–Trinajstić information content (AvgIpc) is 3.09. The minimum atomic E-state index is -0.735. The van der Waals surface area contributed by atoms with Crippen LogP contribution in [-0.4, -0.2) is 31.7 Å². The molecule has 110 valence electrons. The molecule has 1 aliphatic carbocycles. The molecule has 0 spiro atoms. The summed E-state index contributed by atoms with van der Waals surface area (Å²) in [6.07, 6.45) is 3.50. The first kappa shape index (κ1) is 13.7. The zero-order valence-electron chi connectivity index (χ0n) is 11.9. The van der Waals surface area contributed by atoms with Gasteiger partial charge in [-0.15, -0.1) is 5.10 Å². The third-order valence-electron chi connectivity index (χ3n) is 3.92. The molecule has 1 fully saturated rings. The molecule has 0 radical (unpaired) electrons. The fourth-order valence-electron chi connectivity index (χ4n) is 2.67. The van der Waals surface area contributed by atoms with Crippen LogP contribution in [0.1, 0.15) is 31.5 Å². The molecule has 0 atom stereocenters. The number of amides is 1. The van der Waals surface area contributed by atoms with Gasteiger partial charge in [-0.1, -0.05) is 18.9 Å². The highest BCUT2D eigenvalue weighted by molar-refractivity contribution is 5.98. The third-order valence-corrected chi connectivity index (χ3v) is 3.92. The summed E-state index contributed by atoms with van der Waals surface area (Å²) < 4.78 is 1.61. The van der Waals surface area contributed by atoms with E-state index in [0.29, 0.717) is 11.5 Å². The van der Waals surface area contributed by atoms with Crippen molar-refractivity contribution in [2.45, 2.75) is 38.1 Å². The van der Waals surface area contributed by atoms with Gasteiger partial charge in [0.05, 0.1) is 11.2 Å². The third kappa shape index (κ3) is 2.64. The maximum atomic E-state index is 12.3. The summed E-state index contributed by atoms with van der Waals surface area (Å²) in [5.41, 5.74) is 6.92. The van der Waals surface area contributed by atoms with E-state index in [9.17, 15) is 4.79 Å². The van der Waals surface area contributed by atoms with Crippen LogP contribution in [0.5, 0.6) is 0 Å². The number of rotatable bonds is 3. The van der Waals surface area contributed by atoms with E-state index >= 15 is 0 Å². The van der Waals surface area contributed by atoms with Crippen LogP contribution in [0.3, 0.4) is 0 Å². The number of anilines is 1. The standard InChI is InChI=1S/C14H18N6O/c1-10-17-18-19-20(10)12-6-4-5-11(9-12)16-13(21)14(15)7-2-3-8-14/h4-6,9H,2-3,7-8,15H2,1H3,(H,16,21). The quantitative estimate of drug-likeness (QED) is 0.882. The molecule has 1 aromatic heterocycles. The number of benzene rings is 1. The van der Waals surface area contributed by atoms with Crippen LogP contribution in [-0.2, 0) is 4.79 Å². The summed E-state index contributed by atoms with van der Waals surface area (Å²) >= 11 is 0. The summed E-state index contributed by atoms with van der Waals surface area (Å²) in [6, 6.07) is 7.40. The van der Waals surface area contributed by atoms with Gasteiger partial charge in [0.2, 0.25) is 5.91 Å². The fraction of sp³-hybridized carbons (Fsp3) is 0.429. The van der Waals surface area contributed by atoms with Gasteiger partial charge in [0.1, 0.15) is 0 Å². The Morgan fingerprint density at radius 3 is 2.81 bits per heavy atom. The second-order valence-electron chi connectivity index (χ2n) is 5.51. The molecule has 1 aromatic carbocycles. The van der Waals surface area contributed by atoms with Crippen molar-refractivity contribution in [1.82, 2.24) is 20.2 Å². The van der Waals surface area contributed by atoms with Gasteiger partial charge in [0, 0.05) is 5.69 Å². The molecule has 7 nitrogen and oxygen atoms in total. The molecule has 0 aliphatic heterocycles. The van der Waals surface area contributed by atoms with E-state index in [-0.39, 0.29) is 5.91 Å². The van der Waals surface area contributed by atoms with Gasteiger partial charge in [-0.25, -0.2) is 0 Å². The van der Waals surface area contributed by atoms with Crippen molar-refractivity contribution in [1.29, 1.82) is 0 Å². The Morgan fingerprint density at radius 2 is 2.14 bits per heavy atom. The number of hydrogen-bond donors (Lipinski definition) is 2. The van der Waals surface area contributed by atoms with Crippen molar-refractivity contribution in [3.05, 3.63) is 30.1 Å². The molecule has 3 N–H and O–H groups in total. The molecule has 7 heteroatoms. The number of nitrogens with zero attached hydrogens (tertiary/aromatic N) is 4. The number of hydrogen-bond acceptors (Lipinski definition) is 5. The summed E-state index contributed by atoms with van der Waals surface area (Å²) in [7, 11) is 0. The van der Waals surface area contributed by atoms with Crippen molar-refractivity contribution in [2.75, 3.05) is 5.32 Å². The predicted molar refractivity (Wildman–Crippen MR) is 77.9 cm³/mol. The lowest BCUT2D eigenvalue weighted by Gasteiger charge is -2.22. The predicted octanol–water partition coefficient (Wildman–Crippen LogP) is 1.18. The molecule has 1 saturated carbocycles. The van der Waals surface area contributed by atoms with Crippen LogP contribution in [0.4, 0.5) is 5.69 Å². The topological polar surface area (TPSA) is 98.7 Å². The molecule has 1 amide bonds. The summed E-state index contributed by atoms with van der Waals surface area (Å²) in [6.45, 7) is 1.82. The van der Waals surface area contributed by atoms with Crippen LogP contribution in [0.25, 0.3) is 5.69 Å².